The molecule has 3 heteroatoms. The van der Waals surface area contributed by atoms with Crippen LogP contribution in [0.2, 0.25) is 0 Å². The van der Waals surface area contributed by atoms with Crippen molar-refractivity contribution in [1.82, 2.24) is 5.32 Å². The molecule has 2 N–H and O–H groups in total. The average molecular weight is 291 g/mol. The largest absolute Gasteiger partial charge is 0.387 e. The predicted molar refractivity (Wildman–Crippen MR) is 86.4 cm³/mol. The molecule has 0 bridgehead atoms. The second-order valence-corrected chi connectivity index (χ2v) is 6.51. The van der Waals surface area contributed by atoms with E-state index >= 15 is 0 Å². The van der Waals surface area contributed by atoms with Gasteiger partial charge in [0.05, 0.1) is 12.2 Å². The molecule has 118 valence electrons. The van der Waals surface area contributed by atoms with Gasteiger partial charge in [0.2, 0.25) is 0 Å². The molecule has 1 unspecified atom stereocenters. The number of ether oxygens (including phenoxy) is 1. The lowest BCUT2D eigenvalue weighted by Gasteiger charge is -2.36. The van der Waals surface area contributed by atoms with Crippen LogP contribution in [0.15, 0.2) is 24.3 Å². The average Bonchev–Trinajstić information content (AvgIpc) is 2.41. The van der Waals surface area contributed by atoms with Crippen LogP contribution in [0.3, 0.4) is 0 Å². The summed E-state index contributed by atoms with van der Waals surface area (Å²) in [5.74, 6) is 0.666. The Labute approximate surface area is 128 Å². The number of rotatable bonds is 8. The van der Waals surface area contributed by atoms with Gasteiger partial charge in [-0.2, -0.15) is 0 Å². The Hall–Kier alpha value is -0.900. The highest BCUT2D eigenvalue weighted by Gasteiger charge is 2.29. The zero-order valence-electron chi connectivity index (χ0n) is 13.5. The number of aliphatic hydroxyl groups excluding tert-OH is 1. The van der Waals surface area contributed by atoms with Gasteiger partial charge in [0.1, 0.15) is 0 Å². The van der Waals surface area contributed by atoms with Crippen molar-refractivity contribution < 1.29 is 9.84 Å². The molecule has 1 aliphatic rings. The molecule has 1 fully saturated rings. The Kier molecular flexibility index (Phi) is 6.22. The van der Waals surface area contributed by atoms with Crippen molar-refractivity contribution in [2.24, 2.45) is 5.92 Å². The van der Waals surface area contributed by atoms with Crippen molar-refractivity contribution in [2.75, 3.05) is 13.2 Å². The number of aliphatic hydroxyl groups is 1. The van der Waals surface area contributed by atoms with Crippen molar-refractivity contribution >= 4 is 0 Å². The van der Waals surface area contributed by atoms with Crippen molar-refractivity contribution in [1.29, 1.82) is 0 Å². The van der Waals surface area contributed by atoms with Gasteiger partial charge in [0.15, 0.2) is 0 Å². The van der Waals surface area contributed by atoms with Gasteiger partial charge in [-0.05, 0) is 43.2 Å². The highest BCUT2D eigenvalue weighted by Crippen LogP contribution is 2.24. The van der Waals surface area contributed by atoms with Gasteiger partial charge in [0, 0.05) is 19.2 Å². The summed E-state index contributed by atoms with van der Waals surface area (Å²) < 4.78 is 5.54. The van der Waals surface area contributed by atoms with E-state index in [-0.39, 0.29) is 0 Å². The van der Waals surface area contributed by atoms with E-state index < -0.39 is 6.10 Å². The summed E-state index contributed by atoms with van der Waals surface area (Å²) in [6, 6.07) is 8.86. The van der Waals surface area contributed by atoms with Crippen LogP contribution in [0.4, 0.5) is 0 Å². The molecule has 0 amide bonds. The van der Waals surface area contributed by atoms with Crippen molar-refractivity contribution in [3.63, 3.8) is 0 Å². The summed E-state index contributed by atoms with van der Waals surface area (Å²) in [4.78, 5) is 0. The highest BCUT2D eigenvalue weighted by molar-refractivity contribution is 5.24. The lowest BCUT2D eigenvalue weighted by atomic mass is 9.89. The predicted octanol–water partition coefficient (Wildman–Crippen LogP) is 3.08. The maximum absolute atomic E-state index is 10.2. The molecule has 0 radical (unpaired) electrons. The topological polar surface area (TPSA) is 41.5 Å². The first-order valence-electron chi connectivity index (χ1n) is 8.20. The van der Waals surface area contributed by atoms with Gasteiger partial charge in [-0.25, -0.2) is 0 Å². The smallest absolute Gasteiger partial charge is 0.0914 e. The van der Waals surface area contributed by atoms with Crippen molar-refractivity contribution in [3.05, 3.63) is 35.4 Å². The van der Waals surface area contributed by atoms with E-state index in [9.17, 15) is 5.11 Å². The Balaban J connectivity index is 1.72. The zero-order valence-corrected chi connectivity index (χ0v) is 13.5. The third kappa shape index (κ3) is 5.10. The summed E-state index contributed by atoms with van der Waals surface area (Å²) in [5, 5.41) is 13.7. The highest BCUT2D eigenvalue weighted by atomic mass is 16.5. The number of hydrogen-bond acceptors (Lipinski definition) is 3. The third-order valence-corrected chi connectivity index (χ3v) is 4.11. The molecular formula is C18H29NO2. The molecule has 2 rings (SSSR count). The molecule has 0 saturated heterocycles. The van der Waals surface area contributed by atoms with Gasteiger partial charge in [-0.15, -0.1) is 0 Å². The standard InChI is InChI=1S/C18H29NO2/c1-4-21-17-10-16(11-17)19-12-18(20)15-7-5-14(6-8-15)9-13(2)3/h5-8,13,16-20H,4,9-12H2,1-3H3. The molecule has 1 atom stereocenters. The van der Waals surface area contributed by atoms with Crippen LogP contribution < -0.4 is 5.32 Å². The summed E-state index contributed by atoms with van der Waals surface area (Å²) in [5.41, 5.74) is 2.34. The fraction of sp³-hybridized carbons (Fsp3) is 0.667. The SMILES string of the molecule is CCOC1CC(NCC(O)c2ccc(CC(C)C)cc2)C1. The molecule has 0 spiro atoms. The van der Waals surface area contributed by atoms with E-state index in [4.69, 9.17) is 4.74 Å². The van der Waals surface area contributed by atoms with Crippen LogP contribution in [-0.4, -0.2) is 30.4 Å². The monoisotopic (exact) mass is 291 g/mol. The van der Waals surface area contributed by atoms with Crippen LogP contribution in [0.5, 0.6) is 0 Å². The molecule has 0 aliphatic heterocycles. The quantitative estimate of drug-likeness (QED) is 0.773. The van der Waals surface area contributed by atoms with Crippen LogP contribution in [0.1, 0.15) is 50.8 Å². The van der Waals surface area contributed by atoms with Gasteiger partial charge in [-0.1, -0.05) is 38.1 Å². The first-order chi connectivity index (χ1) is 10.1. The Bertz CT molecular complexity index is 410. The summed E-state index contributed by atoms with van der Waals surface area (Å²) >= 11 is 0. The lowest BCUT2D eigenvalue weighted by Crippen LogP contribution is -2.46. The molecule has 1 aliphatic carbocycles. The van der Waals surface area contributed by atoms with Gasteiger partial charge >= 0.3 is 0 Å². The van der Waals surface area contributed by atoms with E-state index in [1.807, 2.05) is 19.1 Å². The minimum atomic E-state index is -0.427. The Morgan fingerprint density at radius 1 is 1.24 bits per heavy atom. The van der Waals surface area contributed by atoms with E-state index in [1.165, 1.54) is 5.56 Å². The minimum Gasteiger partial charge on any atom is -0.387 e. The Morgan fingerprint density at radius 3 is 2.48 bits per heavy atom. The molecule has 1 saturated carbocycles. The molecule has 0 aromatic heterocycles. The molecule has 1 aromatic rings. The number of benzene rings is 1. The van der Waals surface area contributed by atoms with E-state index in [1.54, 1.807) is 0 Å². The number of nitrogens with one attached hydrogen (secondary N) is 1. The van der Waals surface area contributed by atoms with Crippen molar-refractivity contribution in [3.8, 4) is 0 Å². The fourth-order valence-corrected chi connectivity index (χ4v) is 2.85. The van der Waals surface area contributed by atoms with Crippen LogP contribution in [-0.2, 0) is 11.2 Å². The van der Waals surface area contributed by atoms with Crippen LogP contribution in [0, 0.1) is 5.92 Å². The summed E-state index contributed by atoms with van der Waals surface area (Å²) in [7, 11) is 0. The minimum absolute atomic E-state index is 0.417. The van der Waals surface area contributed by atoms with E-state index in [0.29, 0.717) is 24.6 Å². The summed E-state index contributed by atoms with van der Waals surface area (Å²) in [6.45, 7) is 7.89. The fourth-order valence-electron chi connectivity index (χ4n) is 2.85. The molecule has 3 nitrogen and oxygen atoms in total. The van der Waals surface area contributed by atoms with Crippen LogP contribution in [0.25, 0.3) is 0 Å². The van der Waals surface area contributed by atoms with Gasteiger partial charge < -0.3 is 15.2 Å². The lowest BCUT2D eigenvalue weighted by molar-refractivity contribution is -0.0123. The third-order valence-electron chi connectivity index (χ3n) is 4.11. The first-order valence-corrected chi connectivity index (χ1v) is 8.20. The van der Waals surface area contributed by atoms with Gasteiger partial charge in [0.25, 0.3) is 0 Å². The van der Waals surface area contributed by atoms with E-state index in [2.05, 4.69) is 31.3 Å². The molecule has 0 heterocycles. The van der Waals surface area contributed by atoms with E-state index in [0.717, 1.165) is 31.4 Å². The molecule has 1 aromatic carbocycles. The maximum Gasteiger partial charge on any atom is 0.0914 e. The second-order valence-electron chi connectivity index (χ2n) is 6.51. The Morgan fingerprint density at radius 2 is 1.90 bits per heavy atom. The normalized spacial score (nSPS) is 23.1. The molecular weight excluding hydrogens is 262 g/mol. The summed E-state index contributed by atoms with van der Waals surface area (Å²) in [6.07, 6.45) is 3.21. The maximum atomic E-state index is 10.2. The first kappa shape index (κ1) is 16.5. The van der Waals surface area contributed by atoms with Gasteiger partial charge in [-0.3, -0.25) is 0 Å². The van der Waals surface area contributed by atoms with Crippen molar-refractivity contribution in [2.45, 2.75) is 58.3 Å². The second kappa shape index (κ2) is 7.92. The zero-order chi connectivity index (χ0) is 15.2. The number of hydrogen-bond donors (Lipinski definition) is 2. The van der Waals surface area contributed by atoms with Crippen LogP contribution >= 0.6 is 0 Å². The molecule has 21 heavy (non-hydrogen) atoms.